The minimum Gasteiger partial charge on any atom is -0.468 e. The molecule has 77 heavy (non-hydrogen) atoms. The van der Waals surface area contributed by atoms with Crippen LogP contribution in [0.5, 0.6) is 0 Å². The normalized spacial score (nSPS) is 14.2. The zero-order valence-electron chi connectivity index (χ0n) is 46.3. The highest BCUT2D eigenvalue weighted by Gasteiger charge is 2.47. The van der Waals surface area contributed by atoms with Crippen LogP contribution < -0.4 is 21.5 Å². The summed E-state index contributed by atoms with van der Waals surface area (Å²) in [5, 5.41) is 14.2. The third-order valence-electron chi connectivity index (χ3n) is 18.2. The van der Waals surface area contributed by atoms with Gasteiger partial charge >= 0.3 is 0 Å². The number of hydrogen-bond acceptors (Lipinski definition) is 2. The molecule has 3 aromatic heterocycles. The van der Waals surface area contributed by atoms with E-state index in [1.807, 2.05) is 0 Å². The van der Waals surface area contributed by atoms with Crippen LogP contribution in [0.1, 0.15) is 105 Å². The molecule has 13 aromatic rings. The zero-order valence-corrected chi connectivity index (χ0v) is 46.3. The Bertz CT molecular complexity index is 4840. The summed E-state index contributed by atoms with van der Waals surface area (Å²) in [5.74, 6) is 0. The van der Waals surface area contributed by atoms with Crippen LogP contribution in [0.2, 0.25) is 0 Å². The van der Waals surface area contributed by atoms with Crippen LogP contribution in [0.4, 0.5) is 17.1 Å². The topological polar surface area (TPSA) is 26.2 Å². The summed E-state index contributed by atoms with van der Waals surface area (Å²) < 4.78 is 12.8. The van der Waals surface area contributed by atoms with Crippen LogP contribution in [0.25, 0.3) is 109 Å². The number of fused-ring (bicyclic) bond motifs is 10. The predicted molar refractivity (Wildman–Crippen MR) is 331 cm³/mol. The molecule has 0 radical (unpaired) electrons. The summed E-state index contributed by atoms with van der Waals surface area (Å²) in [6.45, 7) is 27.8. The average Bonchev–Trinajstić information content (AvgIpc) is 3.41. The molecule has 3 aliphatic rings. The molecule has 0 spiro atoms. The van der Waals surface area contributed by atoms with Crippen molar-refractivity contribution in [2.45, 2.75) is 105 Å². The summed E-state index contributed by atoms with van der Waals surface area (Å²) in [6.07, 6.45) is 0. The summed E-state index contributed by atoms with van der Waals surface area (Å²) in [5.41, 5.74) is 22.8. The second kappa shape index (κ2) is 14.5. The Labute approximate surface area is 450 Å². The Hall–Kier alpha value is -8.02. The first-order valence-corrected chi connectivity index (χ1v) is 27.9. The molecule has 374 valence electrons. The highest BCUT2D eigenvalue weighted by Crippen LogP contribution is 2.52. The van der Waals surface area contributed by atoms with E-state index in [1.54, 1.807) is 0 Å². The van der Waals surface area contributed by atoms with Crippen molar-refractivity contribution in [2.75, 3.05) is 4.90 Å². The largest absolute Gasteiger partial charge is 0.468 e. The van der Waals surface area contributed by atoms with E-state index < -0.39 is 0 Å². The number of furan rings is 1. The number of anilines is 3. The zero-order chi connectivity index (χ0) is 52.7. The minimum atomic E-state index is -0.188. The average molecular weight is 996 g/mol. The van der Waals surface area contributed by atoms with Crippen molar-refractivity contribution in [1.29, 1.82) is 0 Å². The van der Waals surface area contributed by atoms with Gasteiger partial charge in [-0.3, -0.25) is 0 Å². The van der Waals surface area contributed by atoms with Gasteiger partial charge in [0.05, 0.1) is 33.6 Å². The monoisotopic (exact) mass is 995 g/mol. The number of aromatic nitrogens is 2. The van der Waals surface area contributed by atoms with Gasteiger partial charge in [-0.2, -0.15) is 0 Å². The Morgan fingerprint density at radius 1 is 0.390 bits per heavy atom. The molecular formula is C72H62BN3O. The van der Waals surface area contributed by atoms with Crippen LogP contribution >= 0.6 is 0 Å². The summed E-state index contributed by atoms with van der Waals surface area (Å²) in [7, 11) is 0. The lowest BCUT2D eigenvalue weighted by atomic mass is 9.35. The van der Waals surface area contributed by atoms with Gasteiger partial charge in [0.2, 0.25) is 0 Å². The smallest absolute Gasteiger partial charge is 0.297 e. The van der Waals surface area contributed by atoms with E-state index in [2.05, 4.69) is 255 Å². The fourth-order valence-corrected chi connectivity index (χ4v) is 14.2. The van der Waals surface area contributed by atoms with Crippen molar-refractivity contribution in [1.82, 2.24) is 9.13 Å². The van der Waals surface area contributed by atoms with Gasteiger partial charge in [0, 0.05) is 54.9 Å². The summed E-state index contributed by atoms with van der Waals surface area (Å²) >= 11 is 0. The van der Waals surface area contributed by atoms with Gasteiger partial charge in [0.25, 0.3) is 6.71 Å². The molecule has 4 nitrogen and oxygen atoms in total. The van der Waals surface area contributed by atoms with E-state index in [4.69, 9.17) is 4.42 Å². The second-order valence-electron chi connectivity index (χ2n) is 27.0. The van der Waals surface area contributed by atoms with Crippen LogP contribution in [-0.4, -0.2) is 15.8 Å². The molecule has 0 unspecified atom stereocenters. The molecule has 0 bridgehead atoms. The fourth-order valence-electron chi connectivity index (χ4n) is 14.2. The minimum absolute atomic E-state index is 0.0126. The Kier molecular flexibility index (Phi) is 8.52. The third-order valence-corrected chi connectivity index (χ3v) is 18.2. The molecule has 0 saturated carbocycles. The fraction of sp³-hybridized carbons (Fsp3) is 0.222. The number of hydrogen-bond donors (Lipinski definition) is 0. The number of nitrogens with zero attached hydrogens (tertiary/aromatic N) is 3. The lowest BCUT2D eigenvalue weighted by Gasteiger charge is -2.39. The first kappa shape index (κ1) is 45.2. The highest BCUT2D eigenvalue weighted by atomic mass is 16.3. The maximum atomic E-state index is 7.53. The van der Waals surface area contributed by atoms with Gasteiger partial charge in [-0.05, 0) is 160 Å². The highest BCUT2D eigenvalue weighted by molar-refractivity contribution is 7.00. The molecule has 1 aliphatic carbocycles. The summed E-state index contributed by atoms with van der Waals surface area (Å²) in [4.78, 5) is 2.58. The van der Waals surface area contributed by atoms with Gasteiger partial charge in [-0.1, -0.05) is 174 Å². The SMILES string of the molecule is CC(C)(C)c1ccc(N2c3cc(-n4c5ccc6cccc7c6c5c5c6c(ccc8cccc-7c86)ccc54)cc4c3B(c3oc5ccc(C(C)(C)C)cc5c32)c2cc(C(C)(C)C)cc3c5cc(C(C)(C)C)ccc5n-4c23)cc1. The predicted octanol–water partition coefficient (Wildman–Crippen LogP) is 17.9. The number of rotatable bonds is 2. The van der Waals surface area contributed by atoms with Gasteiger partial charge in [0.1, 0.15) is 5.58 Å². The Balaban J connectivity index is 1.12. The van der Waals surface area contributed by atoms with E-state index >= 15 is 0 Å². The van der Waals surface area contributed by atoms with E-state index in [0.717, 1.165) is 33.7 Å². The van der Waals surface area contributed by atoms with E-state index in [-0.39, 0.29) is 28.4 Å². The molecule has 0 N–H and O–H groups in total. The van der Waals surface area contributed by atoms with Crippen LogP contribution in [0, 0.1) is 0 Å². The third kappa shape index (κ3) is 5.95. The maximum absolute atomic E-state index is 7.53. The summed E-state index contributed by atoms with van der Waals surface area (Å²) in [6, 6.07) is 61.7. The first-order valence-electron chi connectivity index (χ1n) is 27.9. The lowest BCUT2D eigenvalue weighted by molar-refractivity contribution is 0.590. The van der Waals surface area contributed by atoms with Crippen molar-refractivity contribution in [3.63, 3.8) is 0 Å². The lowest BCUT2D eigenvalue weighted by Crippen LogP contribution is -2.60. The first-order chi connectivity index (χ1) is 36.7. The van der Waals surface area contributed by atoms with Crippen LogP contribution in [0.15, 0.2) is 162 Å². The molecule has 0 fully saturated rings. The van der Waals surface area contributed by atoms with Gasteiger partial charge < -0.3 is 18.5 Å². The molecular weight excluding hydrogens is 934 g/mol. The molecule has 0 amide bonds. The van der Waals surface area contributed by atoms with Crippen LogP contribution in [-0.2, 0) is 21.7 Å². The van der Waals surface area contributed by atoms with E-state index in [1.165, 1.54) is 132 Å². The Morgan fingerprint density at radius 3 is 1.55 bits per heavy atom. The quantitative estimate of drug-likeness (QED) is 0.127. The van der Waals surface area contributed by atoms with Crippen molar-refractivity contribution < 1.29 is 4.42 Å². The molecule has 0 atom stereocenters. The second-order valence-corrected chi connectivity index (χ2v) is 27.0. The van der Waals surface area contributed by atoms with Gasteiger partial charge in [-0.15, -0.1) is 0 Å². The molecule has 2 aliphatic heterocycles. The van der Waals surface area contributed by atoms with E-state index in [9.17, 15) is 0 Å². The Morgan fingerprint density at radius 2 is 0.909 bits per heavy atom. The van der Waals surface area contributed by atoms with Crippen molar-refractivity contribution >= 4 is 127 Å². The van der Waals surface area contributed by atoms with Crippen molar-refractivity contribution in [3.8, 4) is 22.5 Å². The molecule has 0 saturated heterocycles. The van der Waals surface area contributed by atoms with Crippen molar-refractivity contribution in [3.05, 3.63) is 180 Å². The number of benzene rings is 10. The van der Waals surface area contributed by atoms with Crippen molar-refractivity contribution in [2.24, 2.45) is 0 Å². The van der Waals surface area contributed by atoms with Gasteiger partial charge in [0.15, 0.2) is 0 Å². The maximum Gasteiger partial charge on any atom is 0.297 e. The van der Waals surface area contributed by atoms with Gasteiger partial charge in [-0.25, -0.2) is 0 Å². The molecule has 10 aromatic carbocycles. The van der Waals surface area contributed by atoms with E-state index in [0.29, 0.717) is 0 Å². The standard InChI is InChI=1S/C72H62BN3O/c1-69(2,3)42-23-27-46(28-24-42)75-57-37-47(74-55-29-21-40-16-14-18-49-48-17-13-15-39-19-20-41-22-30-56(74)64(62(41)60(39)48)63(55)61(40)49)38-58-65(57)73(68-67(75)52-34-44(71(7,8)9)26-32-59(52)77-68)53-36-45(72(10,11)12)35-51-50-33-43(70(4,5)6)25-31-54(50)76(58)66(51)53/h13-38H,1-12H3. The molecule has 5 heterocycles. The molecule has 16 rings (SSSR count). The molecule has 5 heteroatoms. The van der Waals surface area contributed by atoms with Crippen LogP contribution in [0.3, 0.4) is 0 Å².